The number of thioether (sulfide) groups is 1. The van der Waals surface area contributed by atoms with Crippen LogP contribution in [0.4, 0.5) is 0 Å². The van der Waals surface area contributed by atoms with E-state index in [0.29, 0.717) is 5.02 Å². The van der Waals surface area contributed by atoms with Crippen molar-refractivity contribution in [1.82, 2.24) is 5.32 Å². The first kappa shape index (κ1) is 16.7. The second-order valence-electron chi connectivity index (χ2n) is 4.66. The van der Waals surface area contributed by atoms with Crippen LogP contribution in [0.1, 0.15) is 31.0 Å². The molecule has 0 bridgehead atoms. The highest BCUT2D eigenvalue weighted by molar-refractivity contribution is 7.99. The van der Waals surface area contributed by atoms with Crippen molar-refractivity contribution < 1.29 is 0 Å². The van der Waals surface area contributed by atoms with Crippen LogP contribution >= 0.6 is 35.0 Å². The molecular weight excluding hydrogens is 321 g/mol. The predicted octanol–water partition coefficient (Wildman–Crippen LogP) is 5.80. The van der Waals surface area contributed by atoms with Gasteiger partial charge < -0.3 is 5.32 Å². The van der Waals surface area contributed by atoms with Gasteiger partial charge in [0.15, 0.2) is 0 Å². The van der Waals surface area contributed by atoms with Crippen LogP contribution in [0.25, 0.3) is 0 Å². The first-order valence-electron chi connectivity index (χ1n) is 7.06. The highest BCUT2D eigenvalue weighted by atomic mass is 35.5. The second-order valence-corrected chi connectivity index (χ2v) is 6.84. The van der Waals surface area contributed by atoms with Crippen LogP contribution in [-0.4, -0.2) is 12.3 Å². The van der Waals surface area contributed by atoms with Crippen LogP contribution < -0.4 is 5.32 Å². The van der Waals surface area contributed by atoms with Crippen molar-refractivity contribution in [2.45, 2.75) is 24.8 Å². The lowest BCUT2D eigenvalue weighted by molar-refractivity contribution is 0.630. The fraction of sp³-hybridized carbons (Fsp3) is 0.294. The Hall–Kier alpha value is -0.670. The molecule has 0 aliphatic carbocycles. The van der Waals surface area contributed by atoms with Gasteiger partial charge in [-0.05, 0) is 53.8 Å². The summed E-state index contributed by atoms with van der Waals surface area (Å²) in [5.74, 6) is 1.08. The number of rotatable bonds is 6. The smallest absolute Gasteiger partial charge is 0.0591 e. The van der Waals surface area contributed by atoms with Gasteiger partial charge >= 0.3 is 0 Å². The number of nitrogens with one attached hydrogen (secondary N) is 1. The fourth-order valence-electron chi connectivity index (χ4n) is 2.27. The summed E-state index contributed by atoms with van der Waals surface area (Å²) in [7, 11) is 0. The van der Waals surface area contributed by atoms with E-state index >= 15 is 0 Å². The maximum absolute atomic E-state index is 6.35. The number of halogens is 2. The zero-order chi connectivity index (χ0) is 15.2. The van der Waals surface area contributed by atoms with Gasteiger partial charge in [-0.1, -0.05) is 49.2 Å². The topological polar surface area (TPSA) is 12.0 Å². The van der Waals surface area contributed by atoms with Gasteiger partial charge in [-0.3, -0.25) is 0 Å². The Labute approximate surface area is 141 Å². The van der Waals surface area contributed by atoms with Gasteiger partial charge in [0.25, 0.3) is 0 Å². The van der Waals surface area contributed by atoms with Gasteiger partial charge in [-0.2, -0.15) is 0 Å². The highest BCUT2D eigenvalue weighted by Crippen LogP contribution is 2.31. The molecule has 2 aromatic rings. The van der Waals surface area contributed by atoms with Gasteiger partial charge in [-0.15, -0.1) is 11.8 Å². The Morgan fingerprint density at radius 2 is 1.76 bits per heavy atom. The minimum atomic E-state index is 0.0573. The molecule has 0 saturated carbocycles. The minimum absolute atomic E-state index is 0.0573. The molecular formula is C17H19Cl2NS. The van der Waals surface area contributed by atoms with E-state index < -0.39 is 0 Å². The van der Waals surface area contributed by atoms with E-state index in [0.717, 1.165) is 22.9 Å². The Balaban J connectivity index is 2.35. The van der Waals surface area contributed by atoms with Crippen molar-refractivity contribution in [2.75, 3.05) is 12.3 Å². The molecule has 21 heavy (non-hydrogen) atoms. The SMILES string of the molecule is CCNC(c1ccc(SCC)cc1)c1cc(Cl)ccc1Cl. The maximum Gasteiger partial charge on any atom is 0.0591 e. The maximum atomic E-state index is 6.35. The number of hydrogen-bond acceptors (Lipinski definition) is 2. The Bertz CT molecular complexity index is 584. The van der Waals surface area contributed by atoms with E-state index in [1.807, 2.05) is 30.0 Å². The molecule has 0 aliphatic heterocycles. The lowest BCUT2D eigenvalue weighted by Gasteiger charge is -2.20. The molecule has 1 nitrogen and oxygen atoms in total. The van der Waals surface area contributed by atoms with Gasteiger partial charge in [-0.25, -0.2) is 0 Å². The van der Waals surface area contributed by atoms with E-state index in [1.165, 1.54) is 10.5 Å². The molecule has 4 heteroatoms. The molecule has 0 saturated heterocycles. The van der Waals surface area contributed by atoms with Crippen LogP contribution in [0.3, 0.4) is 0 Å². The van der Waals surface area contributed by atoms with Crippen LogP contribution in [-0.2, 0) is 0 Å². The predicted molar refractivity (Wildman–Crippen MR) is 94.8 cm³/mol. The molecule has 0 amide bonds. The molecule has 112 valence electrons. The zero-order valence-corrected chi connectivity index (χ0v) is 14.5. The monoisotopic (exact) mass is 339 g/mol. The van der Waals surface area contributed by atoms with E-state index in [-0.39, 0.29) is 6.04 Å². The highest BCUT2D eigenvalue weighted by Gasteiger charge is 2.16. The second kappa shape index (κ2) is 8.09. The summed E-state index contributed by atoms with van der Waals surface area (Å²) in [5.41, 5.74) is 2.21. The van der Waals surface area contributed by atoms with Crippen LogP contribution in [0.5, 0.6) is 0 Å². The molecule has 0 fully saturated rings. The van der Waals surface area contributed by atoms with Crippen molar-refractivity contribution in [3.05, 3.63) is 63.6 Å². The Morgan fingerprint density at radius 1 is 1.05 bits per heavy atom. The molecule has 0 spiro atoms. The largest absolute Gasteiger partial charge is 0.306 e. The number of benzene rings is 2. The molecule has 0 aliphatic rings. The van der Waals surface area contributed by atoms with E-state index in [9.17, 15) is 0 Å². The summed E-state index contributed by atoms with van der Waals surface area (Å²) in [4.78, 5) is 1.29. The van der Waals surface area contributed by atoms with Crippen molar-refractivity contribution in [1.29, 1.82) is 0 Å². The average molecular weight is 340 g/mol. The summed E-state index contributed by atoms with van der Waals surface area (Å²) in [5, 5.41) is 4.92. The lowest BCUT2D eigenvalue weighted by Crippen LogP contribution is -2.22. The molecule has 2 aromatic carbocycles. The molecule has 0 radical (unpaired) electrons. The molecule has 1 N–H and O–H groups in total. The summed E-state index contributed by atoms with van der Waals surface area (Å²) >= 11 is 14.3. The average Bonchev–Trinajstić information content (AvgIpc) is 2.49. The standard InChI is InChI=1S/C17H19Cl2NS/c1-3-20-17(15-11-13(18)7-10-16(15)19)12-5-8-14(9-6-12)21-4-2/h5-11,17,20H,3-4H2,1-2H3. The zero-order valence-electron chi connectivity index (χ0n) is 12.2. The number of hydrogen-bond donors (Lipinski definition) is 1. The molecule has 2 rings (SSSR count). The molecule has 1 atom stereocenters. The fourth-order valence-corrected chi connectivity index (χ4v) is 3.34. The first-order chi connectivity index (χ1) is 10.2. The Kier molecular flexibility index (Phi) is 6.43. The summed E-state index contributed by atoms with van der Waals surface area (Å²) < 4.78 is 0. The van der Waals surface area contributed by atoms with Gasteiger partial charge in [0.05, 0.1) is 6.04 Å². The first-order valence-corrected chi connectivity index (χ1v) is 8.81. The third-order valence-electron chi connectivity index (χ3n) is 3.20. The van der Waals surface area contributed by atoms with Gasteiger partial charge in [0.1, 0.15) is 0 Å². The third-order valence-corrected chi connectivity index (χ3v) is 4.68. The third kappa shape index (κ3) is 4.40. The summed E-state index contributed by atoms with van der Waals surface area (Å²) in [6.07, 6.45) is 0. The van der Waals surface area contributed by atoms with Crippen molar-refractivity contribution >= 4 is 35.0 Å². The van der Waals surface area contributed by atoms with E-state index in [1.54, 1.807) is 0 Å². The Morgan fingerprint density at radius 3 is 2.38 bits per heavy atom. The van der Waals surface area contributed by atoms with Crippen molar-refractivity contribution in [2.24, 2.45) is 0 Å². The minimum Gasteiger partial charge on any atom is -0.306 e. The molecule has 0 aromatic heterocycles. The van der Waals surface area contributed by atoms with Crippen molar-refractivity contribution in [3.8, 4) is 0 Å². The quantitative estimate of drug-likeness (QED) is 0.667. The summed E-state index contributed by atoms with van der Waals surface area (Å²) in [6.45, 7) is 5.11. The summed E-state index contributed by atoms with van der Waals surface area (Å²) in [6, 6.07) is 14.3. The van der Waals surface area contributed by atoms with Crippen LogP contribution in [0.15, 0.2) is 47.4 Å². The van der Waals surface area contributed by atoms with Gasteiger partial charge in [0, 0.05) is 14.9 Å². The van der Waals surface area contributed by atoms with E-state index in [2.05, 4.69) is 43.4 Å². The van der Waals surface area contributed by atoms with Crippen LogP contribution in [0, 0.1) is 0 Å². The van der Waals surface area contributed by atoms with Gasteiger partial charge in [0.2, 0.25) is 0 Å². The molecule has 1 unspecified atom stereocenters. The lowest BCUT2D eigenvalue weighted by atomic mass is 9.98. The normalized spacial score (nSPS) is 12.4. The van der Waals surface area contributed by atoms with E-state index in [4.69, 9.17) is 23.2 Å². The van der Waals surface area contributed by atoms with Crippen LogP contribution in [0.2, 0.25) is 10.0 Å². The molecule has 0 heterocycles. The van der Waals surface area contributed by atoms with Crippen molar-refractivity contribution in [3.63, 3.8) is 0 Å².